The lowest BCUT2D eigenvalue weighted by Crippen LogP contribution is -2.47. The zero-order valence-electron chi connectivity index (χ0n) is 13.8. The SMILES string of the molecule is CN(C(=O)N[C@H](Cc1nccn1C)c1ccccc1)C1CCC1. The van der Waals surface area contributed by atoms with Crippen molar-refractivity contribution in [3.8, 4) is 0 Å². The van der Waals surface area contributed by atoms with Crippen LogP contribution in [0.4, 0.5) is 4.79 Å². The Bertz CT molecular complexity index is 648. The lowest BCUT2D eigenvalue weighted by molar-refractivity contribution is 0.154. The molecule has 0 saturated heterocycles. The van der Waals surface area contributed by atoms with Crippen molar-refractivity contribution in [3.05, 3.63) is 54.1 Å². The molecule has 1 heterocycles. The first-order chi connectivity index (χ1) is 11.1. The largest absolute Gasteiger partial charge is 0.338 e. The molecule has 0 aliphatic heterocycles. The number of carbonyl (C=O) groups is 1. The number of aryl methyl sites for hydroxylation is 1. The molecule has 1 N–H and O–H groups in total. The van der Waals surface area contributed by atoms with Gasteiger partial charge in [0.05, 0.1) is 6.04 Å². The second kappa shape index (κ2) is 6.86. The third-order valence-electron chi connectivity index (χ3n) is 4.75. The molecule has 1 fully saturated rings. The lowest BCUT2D eigenvalue weighted by Gasteiger charge is -2.35. The van der Waals surface area contributed by atoms with Crippen molar-refractivity contribution in [3.63, 3.8) is 0 Å². The molecular weight excluding hydrogens is 288 g/mol. The molecule has 0 unspecified atom stereocenters. The lowest BCUT2D eigenvalue weighted by atomic mass is 9.92. The summed E-state index contributed by atoms with van der Waals surface area (Å²) in [6.45, 7) is 0. The quantitative estimate of drug-likeness (QED) is 0.923. The summed E-state index contributed by atoms with van der Waals surface area (Å²) in [5, 5.41) is 3.18. The van der Waals surface area contributed by atoms with E-state index in [4.69, 9.17) is 0 Å². The van der Waals surface area contributed by atoms with Crippen molar-refractivity contribution in [1.29, 1.82) is 0 Å². The van der Waals surface area contributed by atoms with E-state index >= 15 is 0 Å². The van der Waals surface area contributed by atoms with Crippen molar-refractivity contribution in [2.24, 2.45) is 7.05 Å². The first kappa shape index (κ1) is 15.6. The highest BCUT2D eigenvalue weighted by Gasteiger charge is 2.27. The highest BCUT2D eigenvalue weighted by atomic mass is 16.2. The molecule has 0 bridgehead atoms. The average Bonchev–Trinajstić information content (AvgIpc) is 2.91. The second-order valence-electron chi connectivity index (χ2n) is 6.27. The molecule has 2 amide bonds. The van der Waals surface area contributed by atoms with Crippen molar-refractivity contribution in [1.82, 2.24) is 19.8 Å². The molecule has 122 valence electrons. The number of aromatic nitrogens is 2. The zero-order chi connectivity index (χ0) is 16.2. The number of benzene rings is 1. The Balaban J connectivity index is 1.75. The third kappa shape index (κ3) is 3.55. The summed E-state index contributed by atoms with van der Waals surface area (Å²) in [6, 6.07) is 10.4. The van der Waals surface area contributed by atoms with E-state index in [1.807, 2.05) is 48.0 Å². The molecule has 0 radical (unpaired) electrons. The fourth-order valence-electron chi connectivity index (χ4n) is 2.90. The van der Waals surface area contributed by atoms with Crippen molar-refractivity contribution >= 4 is 6.03 Å². The summed E-state index contributed by atoms with van der Waals surface area (Å²) in [4.78, 5) is 18.8. The summed E-state index contributed by atoms with van der Waals surface area (Å²) in [5.41, 5.74) is 1.10. The Hall–Kier alpha value is -2.30. The van der Waals surface area contributed by atoms with E-state index < -0.39 is 0 Å². The number of imidazole rings is 1. The van der Waals surface area contributed by atoms with Crippen LogP contribution in [0.1, 0.15) is 36.7 Å². The summed E-state index contributed by atoms with van der Waals surface area (Å²) in [7, 11) is 3.87. The first-order valence-electron chi connectivity index (χ1n) is 8.19. The molecule has 1 aliphatic carbocycles. The minimum Gasteiger partial charge on any atom is -0.338 e. The molecule has 2 aromatic rings. The Morgan fingerprint density at radius 1 is 1.39 bits per heavy atom. The standard InChI is InChI=1S/C18H24N4O/c1-21-12-11-19-17(21)13-16(14-7-4-3-5-8-14)20-18(23)22(2)15-9-6-10-15/h3-5,7-8,11-12,15-16H,6,9-10,13H2,1-2H3,(H,20,23)/t16-/m1/s1. The van der Waals surface area contributed by atoms with Crippen molar-refractivity contribution in [2.45, 2.75) is 37.8 Å². The van der Waals surface area contributed by atoms with E-state index in [1.54, 1.807) is 6.20 Å². The maximum Gasteiger partial charge on any atom is 0.317 e. The number of rotatable bonds is 5. The van der Waals surface area contributed by atoms with Crippen molar-refractivity contribution in [2.75, 3.05) is 7.05 Å². The molecular formula is C18H24N4O. The van der Waals surface area contributed by atoms with Crippen LogP contribution in [0.25, 0.3) is 0 Å². The van der Waals surface area contributed by atoms with Crippen molar-refractivity contribution < 1.29 is 4.79 Å². The fourth-order valence-corrected chi connectivity index (χ4v) is 2.90. The second-order valence-corrected chi connectivity index (χ2v) is 6.27. The molecule has 5 heteroatoms. The summed E-state index contributed by atoms with van der Waals surface area (Å²) in [6.07, 6.45) is 7.84. The van der Waals surface area contributed by atoms with Gasteiger partial charge in [-0.3, -0.25) is 0 Å². The Morgan fingerprint density at radius 3 is 2.70 bits per heavy atom. The number of hydrogen-bond donors (Lipinski definition) is 1. The van der Waals surface area contributed by atoms with Gasteiger partial charge in [-0.2, -0.15) is 0 Å². The number of carbonyl (C=O) groups excluding carboxylic acids is 1. The monoisotopic (exact) mass is 312 g/mol. The average molecular weight is 312 g/mol. The number of urea groups is 1. The van der Waals surface area contributed by atoms with E-state index in [0.29, 0.717) is 12.5 Å². The predicted molar refractivity (Wildman–Crippen MR) is 90.0 cm³/mol. The minimum atomic E-state index is -0.0765. The first-order valence-corrected chi connectivity index (χ1v) is 8.19. The molecule has 1 aromatic heterocycles. The van der Waals surface area contributed by atoms with Crippen LogP contribution >= 0.6 is 0 Å². The molecule has 5 nitrogen and oxygen atoms in total. The topological polar surface area (TPSA) is 50.2 Å². The van der Waals surface area contributed by atoms with Crippen LogP contribution in [0.3, 0.4) is 0 Å². The van der Waals surface area contributed by atoms with Gasteiger partial charge in [0, 0.05) is 39.0 Å². The van der Waals surface area contributed by atoms with E-state index in [-0.39, 0.29) is 12.1 Å². The van der Waals surface area contributed by atoms with E-state index in [2.05, 4.69) is 22.4 Å². The number of amides is 2. The zero-order valence-corrected chi connectivity index (χ0v) is 13.8. The van der Waals surface area contributed by atoms with Gasteiger partial charge in [-0.05, 0) is 24.8 Å². The molecule has 23 heavy (non-hydrogen) atoms. The normalized spacial score (nSPS) is 15.7. The summed E-state index contributed by atoms with van der Waals surface area (Å²) < 4.78 is 2.00. The van der Waals surface area contributed by atoms with Gasteiger partial charge in [0.15, 0.2) is 0 Å². The molecule has 3 rings (SSSR count). The van der Waals surface area contributed by atoms with Crippen LogP contribution in [0.2, 0.25) is 0 Å². The van der Waals surface area contributed by atoms with Gasteiger partial charge in [0.2, 0.25) is 0 Å². The molecule has 1 saturated carbocycles. The predicted octanol–water partition coefficient (Wildman–Crippen LogP) is 2.90. The van der Waals surface area contributed by atoms with Gasteiger partial charge in [0.25, 0.3) is 0 Å². The fraction of sp³-hybridized carbons (Fsp3) is 0.444. The highest BCUT2D eigenvalue weighted by Crippen LogP contribution is 2.24. The maximum atomic E-state index is 12.6. The van der Waals surface area contributed by atoms with E-state index in [9.17, 15) is 4.79 Å². The van der Waals surface area contributed by atoms with E-state index in [0.717, 1.165) is 24.2 Å². The minimum absolute atomic E-state index is 0.00207. The van der Waals surface area contributed by atoms with E-state index in [1.165, 1.54) is 6.42 Å². The van der Waals surface area contributed by atoms with Crippen LogP contribution in [0.5, 0.6) is 0 Å². The van der Waals surface area contributed by atoms with Gasteiger partial charge < -0.3 is 14.8 Å². The third-order valence-corrected chi connectivity index (χ3v) is 4.75. The van der Waals surface area contributed by atoms with Crippen LogP contribution in [-0.4, -0.2) is 33.6 Å². The number of hydrogen-bond acceptors (Lipinski definition) is 2. The van der Waals surface area contributed by atoms with Crippen LogP contribution < -0.4 is 5.32 Å². The van der Waals surface area contributed by atoms with Crippen LogP contribution in [0, 0.1) is 0 Å². The molecule has 1 atom stereocenters. The van der Waals surface area contributed by atoms with Gasteiger partial charge in [0.1, 0.15) is 5.82 Å². The van der Waals surface area contributed by atoms with Gasteiger partial charge >= 0.3 is 6.03 Å². The number of nitrogens with one attached hydrogen (secondary N) is 1. The Labute approximate surface area is 137 Å². The van der Waals surface area contributed by atoms with Gasteiger partial charge in [-0.1, -0.05) is 30.3 Å². The highest BCUT2D eigenvalue weighted by molar-refractivity contribution is 5.75. The van der Waals surface area contributed by atoms with Gasteiger partial charge in [-0.25, -0.2) is 9.78 Å². The maximum absolute atomic E-state index is 12.6. The summed E-state index contributed by atoms with van der Waals surface area (Å²) in [5.74, 6) is 0.963. The molecule has 0 spiro atoms. The molecule has 1 aromatic carbocycles. The molecule has 1 aliphatic rings. The Morgan fingerprint density at radius 2 is 2.13 bits per heavy atom. The van der Waals surface area contributed by atoms with Crippen LogP contribution in [-0.2, 0) is 13.5 Å². The summed E-state index contributed by atoms with van der Waals surface area (Å²) >= 11 is 0. The van der Waals surface area contributed by atoms with Crippen LogP contribution in [0.15, 0.2) is 42.7 Å². The van der Waals surface area contributed by atoms with Gasteiger partial charge in [-0.15, -0.1) is 0 Å². The smallest absolute Gasteiger partial charge is 0.317 e. The Kier molecular flexibility index (Phi) is 4.65. The number of nitrogens with zero attached hydrogens (tertiary/aromatic N) is 3.